The smallest absolute Gasteiger partial charge is 0.164 e. The van der Waals surface area contributed by atoms with Crippen LogP contribution in [0.5, 0.6) is 0 Å². The third-order valence-electron chi connectivity index (χ3n) is 13.1. The quantitative estimate of drug-likeness (QED) is 0.173. The zero-order valence-electron chi connectivity index (χ0n) is 34.9. The maximum absolute atomic E-state index is 6.92. The Hall–Kier alpha value is -8.87. The van der Waals surface area contributed by atoms with E-state index in [1.807, 2.05) is 24.3 Å². The minimum atomic E-state index is 0.582. The summed E-state index contributed by atoms with van der Waals surface area (Å²) in [6.07, 6.45) is 0. The molecule has 0 saturated carbocycles. The average molecular weight is 830 g/mol. The topological polar surface area (TPSA) is 61.7 Å². The summed E-state index contributed by atoms with van der Waals surface area (Å²) >= 11 is 0. The van der Waals surface area contributed by atoms with E-state index in [4.69, 9.17) is 19.4 Å². The molecule has 0 aliphatic heterocycles. The average Bonchev–Trinajstić information content (AvgIpc) is 4.03. The first-order valence-electron chi connectivity index (χ1n) is 21.9. The van der Waals surface area contributed by atoms with E-state index < -0.39 is 0 Å². The summed E-state index contributed by atoms with van der Waals surface area (Å²) in [5, 5.41) is 11.2. The van der Waals surface area contributed by atoms with Crippen LogP contribution in [0.25, 0.3) is 133 Å². The Morgan fingerprint density at radius 1 is 0.338 bits per heavy atom. The number of nitrogens with zero attached hydrogens (tertiary/aromatic N) is 5. The molecular weight excluding hydrogens is 795 g/mol. The number of hydrogen-bond donors (Lipinski definition) is 0. The zero-order valence-corrected chi connectivity index (χ0v) is 34.9. The van der Waals surface area contributed by atoms with E-state index in [1.165, 1.54) is 32.6 Å². The van der Waals surface area contributed by atoms with E-state index in [2.05, 4.69) is 197 Å². The van der Waals surface area contributed by atoms with Crippen molar-refractivity contribution in [2.24, 2.45) is 0 Å². The molecule has 0 radical (unpaired) electrons. The minimum absolute atomic E-state index is 0.582. The molecule has 0 N–H and O–H groups in total. The molecule has 0 spiro atoms. The van der Waals surface area contributed by atoms with Crippen LogP contribution in [0.1, 0.15) is 0 Å². The highest BCUT2D eigenvalue weighted by molar-refractivity contribution is 6.23. The van der Waals surface area contributed by atoms with Crippen molar-refractivity contribution in [2.45, 2.75) is 0 Å². The van der Waals surface area contributed by atoms with Crippen LogP contribution in [0.3, 0.4) is 0 Å². The van der Waals surface area contributed by atoms with E-state index in [1.54, 1.807) is 0 Å². The van der Waals surface area contributed by atoms with Gasteiger partial charge in [-0.05, 0) is 65.4 Å². The van der Waals surface area contributed by atoms with Crippen molar-refractivity contribution in [3.05, 3.63) is 212 Å². The van der Waals surface area contributed by atoms with Crippen molar-refractivity contribution in [1.29, 1.82) is 0 Å². The molecule has 0 bridgehead atoms. The van der Waals surface area contributed by atoms with Crippen molar-refractivity contribution < 1.29 is 4.42 Å². The number of aromatic nitrogens is 5. The maximum atomic E-state index is 6.92. The third-order valence-corrected chi connectivity index (χ3v) is 13.1. The van der Waals surface area contributed by atoms with Crippen LogP contribution >= 0.6 is 0 Å². The van der Waals surface area contributed by atoms with Crippen LogP contribution in [-0.2, 0) is 0 Å². The Morgan fingerprint density at radius 2 is 0.923 bits per heavy atom. The Morgan fingerprint density at radius 3 is 1.68 bits per heavy atom. The minimum Gasteiger partial charge on any atom is -0.455 e. The van der Waals surface area contributed by atoms with Gasteiger partial charge in [0.25, 0.3) is 0 Å². The molecule has 4 aromatic heterocycles. The molecule has 0 atom stereocenters. The number of benzene rings is 10. The number of fused-ring (bicyclic) bond motifs is 12. The first kappa shape index (κ1) is 35.7. The predicted octanol–water partition coefficient (Wildman–Crippen LogP) is 15.3. The van der Waals surface area contributed by atoms with Crippen LogP contribution in [0.4, 0.5) is 0 Å². The van der Waals surface area contributed by atoms with Gasteiger partial charge in [-0.1, -0.05) is 158 Å². The summed E-state index contributed by atoms with van der Waals surface area (Å²) in [6, 6.07) is 75.0. The largest absolute Gasteiger partial charge is 0.455 e. The molecule has 0 aliphatic rings. The molecule has 0 amide bonds. The lowest BCUT2D eigenvalue weighted by atomic mass is 10.0. The van der Waals surface area contributed by atoms with Crippen LogP contribution in [0.2, 0.25) is 0 Å². The van der Waals surface area contributed by atoms with Crippen LogP contribution < -0.4 is 0 Å². The van der Waals surface area contributed by atoms with Gasteiger partial charge in [0.15, 0.2) is 17.5 Å². The zero-order chi connectivity index (χ0) is 42.6. The SMILES string of the molecule is c1ccc(-c2nc(-c3ccc4ccccc4c3)nc(-c3cccc4oc5c6ccccc6c(-n6c7ccccc7c7cc8c(cc76)c6ccccc6n8-c6ccccc6)cc5c34)n2)cc1. The van der Waals surface area contributed by atoms with Gasteiger partial charge in [0, 0.05) is 65.5 Å². The molecule has 10 aromatic carbocycles. The molecule has 0 unspecified atom stereocenters. The number of para-hydroxylation sites is 3. The highest BCUT2D eigenvalue weighted by atomic mass is 16.3. The van der Waals surface area contributed by atoms with Crippen molar-refractivity contribution >= 4 is 87.1 Å². The molecule has 0 fully saturated rings. The summed E-state index contributed by atoms with van der Waals surface area (Å²) in [5.41, 5.74) is 11.1. The molecular formula is C59H35N5O. The van der Waals surface area contributed by atoms with Gasteiger partial charge in [0.1, 0.15) is 11.2 Å². The van der Waals surface area contributed by atoms with E-state index in [-0.39, 0.29) is 0 Å². The lowest BCUT2D eigenvalue weighted by Crippen LogP contribution is -2.00. The molecule has 14 aromatic rings. The van der Waals surface area contributed by atoms with Gasteiger partial charge in [-0.3, -0.25) is 0 Å². The third kappa shape index (κ3) is 5.38. The first-order valence-corrected chi connectivity index (χ1v) is 21.9. The van der Waals surface area contributed by atoms with Gasteiger partial charge in [0.05, 0.1) is 27.8 Å². The maximum Gasteiger partial charge on any atom is 0.164 e. The van der Waals surface area contributed by atoms with Gasteiger partial charge in [0.2, 0.25) is 0 Å². The Bertz CT molecular complexity index is 4240. The van der Waals surface area contributed by atoms with Crippen molar-refractivity contribution in [3.8, 4) is 45.5 Å². The Labute approximate surface area is 371 Å². The summed E-state index contributed by atoms with van der Waals surface area (Å²) in [4.78, 5) is 15.6. The number of hydrogen-bond acceptors (Lipinski definition) is 4. The van der Waals surface area contributed by atoms with E-state index in [0.29, 0.717) is 17.5 Å². The molecule has 4 heterocycles. The summed E-state index contributed by atoms with van der Waals surface area (Å²) in [7, 11) is 0. The second-order valence-corrected chi connectivity index (χ2v) is 16.8. The lowest BCUT2D eigenvalue weighted by molar-refractivity contribution is 0.672. The molecule has 0 aliphatic carbocycles. The summed E-state index contributed by atoms with van der Waals surface area (Å²) in [6.45, 7) is 0. The van der Waals surface area contributed by atoms with Crippen LogP contribution in [-0.4, -0.2) is 24.1 Å². The number of rotatable bonds is 5. The predicted molar refractivity (Wildman–Crippen MR) is 267 cm³/mol. The Kier molecular flexibility index (Phi) is 7.59. The van der Waals surface area contributed by atoms with Gasteiger partial charge in [-0.2, -0.15) is 0 Å². The Balaban J connectivity index is 1.06. The summed E-state index contributed by atoms with van der Waals surface area (Å²) < 4.78 is 11.8. The van der Waals surface area contributed by atoms with Gasteiger partial charge < -0.3 is 13.6 Å². The lowest BCUT2D eigenvalue weighted by Gasteiger charge is -2.13. The highest BCUT2D eigenvalue weighted by Crippen LogP contribution is 2.45. The molecule has 65 heavy (non-hydrogen) atoms. The molecule has 302 valence electrons. The fraction of sp³-hybridized carbons (Fsp3) is 0. The second-order valence-electron chi connectivity index (χ2n) is 16.8. The van der Waals surface area contributed by atoms with Crippen molar-refractivity contribution in [3.63, 3.8) is 0 Å². The van der Waals surface area contributed by atoms with Gasteiger partial charge in [-0.15, -0.1) is 0 Å². The van der Waals surface area contributed by atoms with E-state index >= 15 is 0 Å². The summed E-state index contributed by atoms with van der Waals surface area (Å²) in [5.74, 6) is 1.81. The van der Waals surface area contributed by atoms with E-state index in [9.17, 15) is 0 Å². The number of furan rings is 1. The van der Waals surface area contributed by atoms with Crippen LogP contribution in [0.15, 0.2) is 217 Å². The molecule has 14 rings (SSSR count). The normalized spacial score (nSPS) is 12.0. The molecule has 0 saturated heterocycles. The standard InChI is InChI=1S/C59H35N5O/c1-3-17-37(18-4-1)57-60-58(39-31-30-36-16-7-8-19-38(36)32-39)62-59(61-57)45-26-15-29-54-55(45)48-35-51(41-22-9-10-25-44(41)56(48)65-54)64-50-28-14-12-24-43(50)47-33-52-46(34-53(47)64)42-23-11-13-27-49(42)63(52)40-20-5-2-6-21-40/h1-35H. The van der Waals surface area contributed by atoms with Crippen molar-refractivity contribution in [2.75, 3.05) is 0 Å². The fourth-order valence-corrected chi connectivity index (χ4v) is 10.2. The van der Waals surface area contributed by atoms with Gasteiger partial charge >= 0.3 is 0 Å². The highest BCUT2D eigenvalue weighted by Gasteiger charge is 2.24. The fourth-order valence-electron chi connectivity index (χ4n) is 10.2. The second kappa shape index (κ2) is 13.8. The molecule has 6 nitrogen and oxygen atoms in total. The van der Waals surface area contributed by atoms with Crippen molar-refractivity contribution in [1.82, 2.24) is 24.1 Å². The molecule has 6 heteroatoms. The van der Waals surface area contributed by atoms with E-state index in [0.717, 1.165) is 82.6 Å². The van der Waals surface area contributed by atoms with Crippen LogP contribution in [0, 0.1) is 0 Å². The monoisotopic (exact) mass is 829 g/mol. The first-order chi connectivity index (χ1) is 32.2. The van der Waals surface area contributed by atoms with Gasteiger partial charge in [-0.25, -0.2) is 15.0 Å².